The Balaban J connectivity index is 1.71. The topological polar surface area (TPSA) is 32.3 Å². The van der Waals surface area contributed by atoms with Gasteiger partial charge in [0, 0.05) is 25.0 Å². The maximum Gasteiger partial charge on any atom is 0.222 e. The van der Waals surface area contributed by atoms with Crippen molar-refractivity contribution in [3.8, 4) is 0 Å². The fourth-order valence-electron chi connectivity index (χ4n) is 2.75. The molecule has 2 atom stereocenters. The summed E-state index contributed by atoms with van der Waals surface area (Å²) < 4.78 is 0. The maximum absolute atomic E-state index is 11.9. The van der Waals surface area contributed by atoms with E-state index < -0.39 is 0 Å². The number of rotatable bonds is 3. The number of carbonyl (C=O) groups is 1. The Labute approximate surface area is 92.2 Å². The molecule has 0 aromatic carbocycles. The van der Waals surface area contributed by atoms with Gasteiger partial charge in [-0.25, -0.2) is 0 Å². The van der Waals surface area contributed by atoms with Crippen LogP contribution < -0.4 is 5.32 Å². The second kappa shape index (κ2) is 4.97. The molecule has 0 saturated carbocycles. The van der Waals surface area contributed by atoms with Crippen LogP contribution >= 0.6 is 0 Å². The van der Waals surface area contributed by atoms with Gasteiger partial charge < -0.3 is 10.2 Å². The van der Waals surface area contributed by atoms with Crippen LogP contribution in [0, 0.1) is 0 Å². The predicted octanol–water partition coefficient (Wildman–Crippen LogP) is 1.53. The smallest absolute Gasteiger partial charge is 0.222 e. The molecule has 0 bridgehead atoms. The van der Waals surface area contributed by atoms with Crippen molar-refractivity contribution in [3.63, 3.8) is 0 Å². The van der Waals surface area contributed by atoms with Gasteiger partial charge in [-0.05, 0) is 45.6 Å². The van der Waals surface area contributed by atoms with Crippen molar-refractivity contribution < 1.29 is 4.79 Å². The summed E-state index contributed by atoms with van der Waals surface area (Å²) in [4.78, 5) is 14.0. The van der Waals surface area contributed by atoms with Crippen LogP contribution in [-0.2, 0) is 4.79 Å². The molecule has 1 amide bonds. The largest absolute Gasteiger partial charge is 0.340 e. The van der Waals surface area contributed by atoms with E-state index in [-0.39, 0.29) is 0 Å². The highest BCUT2D eigenvalue weighted by Gasteiger charge is 2.25. The molecule has 0 aromatic rings. The van der Waals surface area contributed by atoms with E-state index in [1.54, 1.807) is 0 Å². The highest BCUT2D eigenvalue weighted by molar-refractivity contribution is 5.76. The number of likely N-dealkylation sites (tertiary alicyclic amines) is 1. The van der Waals surface area contributed by atoms with Gasteiger partial charge >= 0.3 is 0 Å². The van der Waals surface area contributed by atoms with E-state index >= 15 is 0 Å². The molecule has 2 fully saturated rings. The standard InChI is InChI=1S/C12H22N2O/c1-10-4-3-9-14(10)12(15)7-6-11-5-2-8-13-11/h10-11,13H,2-9H2,1H3. The third kappa shape index (κ3) is 2.71. The maximum atomic E-state index is 11.9. The SMILES string of the molecule is CC1CCCN1C(=O)CCC1CCCN1. The second-order valence-electron chi connectivity index (χ2n) is 4.91. The van der Waals surface area contributed by atoms with E-state index in [4.69, 9.17) is 0 Å². The van der Waals surface area contributed by atoms with Crippen LogP contribution in [-0.4, -0.2) is 36.0 Å². The van der Waals surface area contributed by atoms with Gasteiger partial charge in [-0.1, -0.05) is 0 Å². The Kier molecular flexibility index (Phi) is 3.62. The molecule has 0 spiro atoms. The lowest BCUT2D eigenvalue weighted by Crippen LogP contribution is -2.34. The van der Waals surface area contributed by atoms with Gasteiger partial charge in [0.25, 0.3) is 0 Å². The fourth-order valence-corrected chi connectivity index (χ4v) is 2.75. The zero-order valence-electron chi connectivity index (χ0n) is 9.67. The van der Waals surface area contributed by atoms with E-state index in [2.05, 4.69) is 17.1 Å². The van der Waals surface area contributed by atoms with Crippen molar-refractivity contribution >= 4 is 5.91 Å². The molecular weight excluding hydrogens is 188 g/mol. The molecule has 3 nitrogen and oxygen atoms in total. The van der Waals surface area contributed by atoms with E-state index in [9.17, 15) is 4.79 Å². The lowest BCUT2D eigenvalue weighted by molar-refractivity contribution is -0.131. The molecular formula is C12H22N2O. The lowest BCUT2D eigenvalue weighted by Gasteiger charge is -2.22. The van der Waals surface area contributed by atoms with Crippen LogP contribution in [0.25, 0.3) is 0 Å². The van der Waals surface area contributed by atoms with Crippen LogP contribution in [0.4, 0.5) is 0 Å². The molecule has 0 aliphatic carbocycles. The van der Waals surface area contributed by atoms with Crippen LogP contribution in [0.2, 0.25) is 0 Å². The summed E-state index contributed by atoms with van der Waals surface area (Å²) >= 11 is 0. The molecule has 2 unspecified atom stereocenters. The van der Waals surface area contributed by atoms with E-state index in [0.29, 0.717) is 18.0 Å². The van der Waals surface area contributed by atoms with Crippen LogP contribution in [0.5, 0.6) is 0 Å². The first-order valence-electron chi connectivity index (χ1n) is 6.30. The first-order chi connectivity index (χ1) is 7.27. The third-order valence-electron chi connectivity index (χ3n) is 3.74. The molecule has 0 radical (unpaired) electrons. The molecule has 2 aliphatic heterocycles. The van der Waals surface area contributed by atoms with Crippen LogP contribution in [0.15, 0.2) is 0 Å². The number of hydrogen-bond acceptors (Lipinski definition) is 2. The number of amides is 1. The molecule has 2 aliphatic rings. The minimum Gasteiger partial charge on any atom is -0.340 e. The summed E-state index contributed by atoms with van der Waals surface area (Å²) in [6.07, 6.45) is 6.67. The molecule has 2 heterocycles. The number of hydrogen-bond donors (Lipinski definition) is 1. The van der Waals surface area contributed by atoms with Gasteiger partial charge in [-0.3, -0.25) is 4.79 Å². The molecule has 86 valence electrons. The summed E-state index contributed by atoms with van der Waals surface area (Å²) in [7, 11) is 0. The number of nitrogens with zero attached hydrogens (tertiary/aromatic N) is 1. The van der Waals surface area contributed by atoms with Crippen molar-refractivity contribution in [1.82, 2.24) is 10.2 Å². The average Bonchev–Trinajstić information content (AvgIpc) is 2.84. The van der Waals surface area contributed by atoms with Crippen LogP contribution in [0.1, 0.15) is 45.4 Å². The first-order valence-corrected chi connectivity index (χ1v) is 6.30. The molecule has 1 N–H and O–H groups in total. The molecule has 2 saturated heterocycles. The predicted molar refractivity (Wildman–Crippen MR) is 60.7 cm³/mol. The fraction of sp³-hybridized carbons (Fsp3) is 0.917. The van der Waals surface area contributed by atoms with E-state index in [1.165, 1.54) is 25.7 Å². The van der Waals surface area contributed by atoms with Gasteiger partial charge in [0.15, 0.2) is 0 Å². The zero-order chi connectivity index (χ0) is 10.7. The van der Waals surface area contributed by atoms with Crippen molar-refractivity contribution in [2.24, 2.45) is 0 Å². The van der Waals surface area contributed by atoms with Gasteiger partial charge in [0.2, 0.25) is 5.91 Å². The van der Waals surface area contributed by atoms with Gasteiger partial charge in [0.1, 0.15) is 0 Å². The Bertz CT molecular complexity index is 224. The van der Waals surface area contributed by atoms with Crippen LogP contribution in [0.3, 0.4) is 0 Å². The normalized spacial score (nSPS) is 31.1. The summed E-state index contributed by atoms with van der Waals surface area (Å²) in [6.45, 7) is 4.29. The zero-order valence-corrected chi connectivity index (χ0v) is 9.67. The molecule has 0 aromatic heterocycles. The van der Waals surface area contributed by atoms with E-state index in [0.717, 1.165) is 25.9 Å². The van der Waals surface area contributed by atoms with Gasteiger partial charge in [0.05, 0.1) is 0 Å². The van der Waals surface area contributed by atoms with Crippen molar-refractivity contribution in [3.05, 3.63) is 0 Å². The molecule has 3 heteroatoms. The van der Waals surface area contributed by atoms with Gasteiger partial charge in [-0.2, -0.15) is 0 Å². The highest BCUT2D eigenvalue weighted by atomic mass is 16.2. The third-order valence-corrected chi connectivity index (χ3v) is 3.74. The first kappa shape index (κ1) is 10.9. The van der Waals surface area contributed by atoms with Crippen molar-refractivity contribution in [2.75, 3.05) is 13.1 Å². The monoisotopic (exact) mass is 210 g/mol. The number of carbonyl (C=O) groups excluding carboxylic acids is 1. The highest BCUT2D eigenvalue weighted by Crippen LogP contribution is 2.19. The summed E-state index contributed by atoms with van der Waals surface area (Å²) in [5.41, 5.74) is 0. The average molecular weight is 210 g/mol. The van der Waals surface area contributed by atoms with Gasteiger partial charge in [-0.15, -0.1) is 0 Å². The summed E-state index contributed by atoms with van der Waals surface area (Å²) in [5, 5.41) is 3.44. The quantitative estimate of drug-likeness (QED) is 0.766. The Morgan fingerprint density at radius 2 is 2.27 bits per heavy atom. The lowest BCUT2D eigenvalue weighted by atomic mass is 10.1. The Morgan fingerprint density at radius 3 is 2.87 bits per heavy atom. The Hall–Kier alpha value is -0.570. The molecule has 2 rings (SSSR count). The molecule has 15 heavy (non-hydrogen) atoms. The Morgan fingerprint density at radius 1 is 1.40 bits per heavy atom. The second-order valence-corrected chi connectivity index (χ2v) is 4.91. The number of nitrogens with one attached hydrogen (secondary N) is 1. The van der Waals surface area contributed by atoms with E-state index in [1.807, 2.05) is 0 Å². The summed E-state index contributed by atoms with van der Waals surface area (Å²) in [6, 6.07) is 1.08. The van der Waals surface area contributed by atoms with Crippen molar-refractivity contribution in [2.45, 2.75) is 57.5 Å². The van der Waals surface area contributed by atoms with Crippen molar-refractivity contribution in [1.29, 1.82) is 0 Å². The minimum atomic E-state index is 0.369. The summed E-state index contributed by atoms with van der Waals surface area (Å²) in [5.74, 6) is 0.369. The minimum absolute atomic E-state index is 0.369.